The van der Waals surface area contributed by atoms with E-state index in [2.05, 4.69) is 21.2 Å². The van der Waals surface area contributed by atoms with Crippen molar-refractivity contribution in [3.05, 3.63) is 75.8 Å². The van der Waals surface area contributed by atoms with Gasteiger partial charge in [-0.2, -0.15) is 0 Å². The molecule has 2 aromatic rings. The molecule has 106 valence electrons. The number of rotatable bonds is 3. The topological polar surface area (TPSA) is 46.2 Å². The lowest BCUT2D eigenvalue weighted by Gasteiger charge is -2.03. The monoisotopic (exact) mass is 343 g/mol. The van der Waals surface area contributed by atoms with Crippen molar-refractivity contribution in [1.29, 1.82) is 0 Å². The van der Waals surface area contributed by atoms with Crippen LogP contribution in [0.5, 0.6) is 0 Å². The number of halogens is 1. The molecule has 0 fully saturated rings. The second kappa shape index (κ2) is 6.99. The molecule has 4 heteroatoms. The molecule has 2 aromatic carbocycles. The number of carbonyl (C=O) groups is 2. The van der Waals surface area contributed by atoms with Crippen molar-refractivity contribution in [2.75, 3.05) is 0 Å². The van der Waals surface area contributed by atoms with Crippen LogP contribution in [0.3, 0.4) is 0 Å². The van der Waals surface area contributed by atoms with Crippen LogP contribution in [0.1, 0.15) is 21.5 Å². The van der Waals surface area contributed by atoms with Gasteiger partial charge in [-0.25, -0.2) is 0 Å². The summed E-state index contributed by atoms with van der Waals surface area (Å²) in [4.78, 5) is 23.8. The molecule has 0 aliphatic rings. The number of nitrogens with one attached hydrogen (secondary N) is 1. The smallest absolute Gasteiger partial charge is 0.265 e. The van der Waals surface area contributed by atoms with Gasteiger partial charge >= 0.3 is 0 Å². The van der Waals surface area contributed by atoms with Crippen LogP contribution < -0.4 is 5.32 Å². The molecule has 3 nitrogen and oxygen atoms in total. The highest BCUT2D eigenvalue weighted by atomic mass is 79.9. The summed E-state index contributed by atoms with van der Waals surface area (Å²) in [5.41, 5.74) is 2.48. The van der Waals surface area contributed by atoms with Crippen molar-refractivity contribution >= 4 is 33.8 Å². The Kier molecular flexibility index (Phi) is 5.06. The lowest BCUT2D eigenvalue weighted by Crippen LogP contribution is -2.30. The molecule has 0 unspecified atom stereocenters. The normalized spacial score (nSPS) is 11.0. The summed E-state index contributed by atoms with van der Waals surface area (Å²) in [7, 11) is 0. The predicted octanol–water partition coefficient (Wildman–Crippen LogP) is 3.69. The zero-order valence-electron chi connectivity index (χ0n) is 11.5. The number of hydrogen-bond donors (Lipinski definition) is 1. The Morgan fingerprint density at radius 1 is 1.00 bits per heavy atom. The molecule has 21 heavy (non-hydrogen) atoms. The van der Waals surface area contributed by atoms with Crippen molar-refractivity contribution in [3.63, 3.8) is 0 Å². The van der Waals surface area contributed by atoms with Gasteiger partial charge in [-0.15, -0.1) is 0 Å². The summed E-state index contributed by atoms with van der Waals surface area (Å²) in [5, 5.41) is 2.33. The third-order valence-electron chi connectivity index (χ3n) is 2.85. The fourth-order valence-corrected chi connectivity index (χ4v) is 2.06. The molecule has 2 rings (SSSR count). The fourth-order valence-electron chi connectivity index (χ4n) is 1.70. The van der Waals surface area contributed by atoms with Gasteiger partial charge in [0, 0.05) is 5.56 Å². The summed E-state index contributed by atoms with van der Waals surface area (Å²) in [6.45, 7) is 1.99. The van der Waals surface area contributed by atoms with Gasteiger partial charge in [-0.1, -0.05) is 48.0 Å². The van der Waals surface area contributed by atoms with Gasteiger partial charge in [0.05, 0.1) is 4.48 Å². The number of carbonyl (C=O) groups excluding carboxylic acids is 2. The second-order valence-electron chi connectivity index (χ2n) is 4.55. The number of amides is 2. The summed E-state index contributed by atoms with van der Waals surface area (Å²) in [5.74, 6) is -0.890. The highest BCUT2D eigenvalue weighted by molar-refractivity contribution is 9.12. The molecule has 0 aliphatic heterocycles. The molecule has 0 aliphatic carbocycles. The van der Waals surface area contributed by atoms with Crippen LogP contribution in [0, 0.1) is 6.92 Å². The molecule has 0 aromatic heterocycles. The van der Waals surface area contributed by atoms with Crippen molar-refractivity contribution in [2.45, 2.75) is 6.92 Å². The molecular weight excluding hydrogens is 330 g/mol. The lowest BCUT2D eigenvalue weighted by atomic mass is 10.1. The van der Waals surface area contributed by atoms with E-state index in [0.717, 1.165) is 11.1 Å². The van der Waals surface area contributed by atoms with Gasteiger partial charge < -0.3 is 0 Å². The molecule has 0 spiro atoms. The van der Waals surface area contributed by atoms with Gasteiger partial charge in [0.15, 0.2) is 0 Å². The molecule has 1 N–H and O–H groups in total. The first kappa shape index (κ1) is 15.2. The number of hydrogen-bond acceptors (Lipinski definition) is 2. The maximum absolute atomic E-state index is 12.0. The van der Waals surface area contributed by atoms with E-state index in [1.165, 1.54) is 0 Å². The first-order valence-corrected chi connectivity index (χ1v) is 7.20. The molecular formula is C17H14BrNO2. The third kappa shape index (κ3) is 4.39. The van der Waals surface area contributed by atoms with Crippen LogP contribution in [0.2, 0.25) is 0 Å². The van der Waals surface area contributed by atoms with Crippen LogP contribution >= 0.6 is 15.9 Å². The minimum Gasteiger partial charge on any atom is -0.288 e. The molecule has 0 saturated heterocycles. The minimum atomic E-state index is -0.468. The Morgan fingerprint density at radius 2 is 1.62 bits per heavy atom. The van der Waals surface area contributed by atoms with E-state index in [1.54, 1.807) is 30.3 Å². The van der Waals surface area contributed by atoms with Crippen LogP contribution in [0.25, 0.3) is 6.08 Å². The zero-order chi connectivity index (χ0) is 15.2. The van der Waals surface area contributed by atoms with Crippen molar-refractivity contribution < 1.29 is 9.59 Å². The Labute approximate surface area is 131 Å². The molecule has 0 heterocycles. The number of imide groups is 1. The third-order valence-corrected chi connectivity index (χ3v) is 3.44. The van der Waals surface area contributed by atoms with Crippen LogP contribution in [-0.4, -0.2) is 11.8 Å². The predicted molar refractivity (Wildman–Crippen MR) is 87.0 cm³/mol. The zero-order valence-corrected chi connectivity index (χ0v) is 13.1. The highest BCUT2D eigenvalue weighted by Gasteiger charge is 2.12. The average molecular weight is 344 g/mol. The van der Waals surface area contributed by atoms with Crippen molar-refractivity contribution in [3.8, 4) is 0 Å². The van der Waals surface area contributed by atoms with E-state index in [0.29, 0.717) is 10.0 Å². The fraction of sp³-hybridized carbons (Fsp3) is 0.0588. The minimum absolute atomic E-state index is 0.302. The standard InChI is InChI=1S/C17H14BrNO2/c1-12-7-9-13(10-8-12)11-15(18)17(21)19-16(20)14-5-3-2-4-6-14/h2-11H,1H3,(H,19,20,21)/b15-11-. The summed E-state index contributed by atoms with van der Waals surface area (Å²) >= 11 is 3.20. The van der Waals surface area contributed by atoms with E-state index >= 15 is 0 Å². The second-order valence-corrected chi connectivity index (χ2v) is 5.41. The molecule has 0 bridgehead atoms. The van der Waals surface area contributed by atoms with Gasteiger partial charge in [-0.3, -0.25) is 14.9 Å². The molecule has 0 radical (unpaired) electrons. The van der Waals surface area contributed by atoms with Crippen LogP contribution in [0.15, 0.2) is 59.1 Å². The van der Waals surface area contributed by atoms with Gasteiger partial charge in [0.25, 0.3) is 11.8 Å². The van der Waals surface area contributed by atoms with Gasteiger partial charge in [0.1, 0.15) is 0 Å². The Hall–Kier alpha value is -2.20. The van der Waals surface area contributed by atoms with E-state index in [1.807, 2.05) is 37.3 Å². The summed E-state index contributed by atoms with van der Waals surface area (Å²) < 4.78 is 0.302. The Morgan fingerprint density at radius 3 is 2.24 bits per heavy atom. The van der Waals surface area contributed by atoms with Crippen LogP contribution in [-0.2, 0) is 4.79 Å². The first-order chi connectivity index (χ1) is 10.1. The Bertz CT molecular complexity index is 676. The van der Waals surface area contributed by atoms with Crippen LogP contribution in [0.4, 0.5) is 0 Å². The van der Waals surface area contributed by atoms with E-state index in [-0.39, 0.29) is 0 Å². The lowest BCUT2D eigenvalue weighted by molar-refractivity contribution is -0.115. The van der Waals surface area contributed by atoms with Crippen molar-refractivity contribution in [2.24, 2.45) is 0 Å². The van der Waals surface area contributed by atoms with Gasteiger partial charge in [-0.05, 0) is 46.6 Å². The molecule has 0 saturated carbocycles. The maximum atomic E-state index is 12.0. The molecule has 0 atom stereocenters. The number of benzene rings is 2. The first-order valence-electron chi connectivity index (χ1n) is 6.41. The van der Waals surface area contributed by atoms with E-state index < -0.39 is 11.8 Å². The number of aryl methyl sites for hydroxylation is 1. The Balaban J connectivity index is 2.06. The molecule has 2 amide bonds. The largest absolute Gasteiger partial charge is 0.288 e. The van der Waals surface area contributed by atoms with Crippen molar-refractivity contribution in [1.82, 2.24) is 5.32 Å². The maximum Gasteiger partial charge on any atom is 0.265 e. The quantitative estimate of drug-likeness (QED) is 0.864. The van der Waals surface area contributed by atoms with Gasteiger partial charge in [0.2, 0.25) is 0 Å². The van der Waals surface area contributed by atoms with E-state index in [4.69, 9.17) is 0 Å². The average Bonchev–Trinajstić information content (AvgIpc) is 2.50. The highest BCUT2D eigenvalue weighted by Crippen LogP contribution is 2.13. The summed E-state index contributed by atoms with van der Waals surface area (Å²) in [6.07, 6.45) is 1.67. The summed E-state index contributed by atoms with van der Waals surface area (Å²) in [6, 6.07) is 16.3. The SMILES string of the molecule is Cc1ccc(/C=C(\Br)C(=O)NC(=O)c2ccccc2)cc1. The van der Waals surface area contributed by atoms with E-state index in [9.17, 15) is 9.59 Å².